The van der Waals surface area contributed by atoms with Crippen LogP contribution in [0.25, 0.3) is 0 Å². The Bertz CT molecular complexity index is 364. The minimum absolute atomic E-state index is 0.311. The molecule has 1 fully saturated rings. The molecule has 0 amide bonds. The molecule has 0 radical (unpaired) electrons. The zero-order chi connectivity index (χ0) is 11.6. The van der Waals surface area contributed by atoms with Gasteiger partial charge in [-0.25, -0.2) is 9.97 Å². The summed E-state index contributed by atoms with van der Waals surface area (Å²) in [6.07, 6.45) is 6.03. The van der Waals surface area contributed by atoms with Gasteiger partial charge in [0.2, 0.25) is 0 Å². The zero-order valence-corrected chi connectivity index (χ0v) is 10.5. The van der Waals surface area contributed by atoms with E-state index in [0.29, 0.717) is 5.54 Å². The quantitative estimate of drug-likeness (QED) is 0.845. The number of rotatable bonds is 4. The van der Waals surface area contributed by atoms with Gasteiger partial charge in [0, 0.05) is 17.3 Å². The fourth-order valence-electron chi connectivity index (χ4n) is 2.32. The smallest absolute Gasteiger partial charge is 0.130 e. The first-order chi connectivity index (χ1) is 7.67. The van der Waals surface area contributed by atoms with Crippen LogP contribution in [0.4, 0.5) is 5.82 Å². The molecule has 1 aromatic rings. The zero-order valence-electron chi connectivity index (χ0n) is 10.5. The van der Waals surface area contributed by atoms with Crippen LogP contribution < -0.4 is 5.32 Å². The second kappa shape index (κ2) is 4.40. The van der Waals surface area contributed by atoms with E-state index in [0.717, 1.165) is 23.8 Å². The molecule has 16 heavy (non-hydrogen) atoms. The molecule has 0 bridgehead atoms. The predicted octanol–water partition coefficient (Wildman–Crippen LogP) is 3.09. The van der Waals surface area contributed by atoms with Gasteiger partial charge >= 0.3 is 0 Å². The fraction of sp³-hybridized carbons (Fsp3) is 0.692. The molecular formula is C13H21N3. The van der Waals surface area contributed by atoms with Crippen molar-refractivity contribution < 1.29 is 0 Å². The molecule has 1 aromatic heterocycles. The first-order valence-electron chi connectivity index (χ1n) is 6.30. The van der Waals surface area contributed by atoms with Crippen molar-refractivity contribution in [2.45, 2.75) is 58.4 Å². The van der Waals surface area contributed by atoms with Gasteiger partial charge in [-0.1, -0.05) is 13.8 Å². The van der Waals surface area contributed by atoms with Crippen LogP contribution in [0, 0.1) is 6.92 Å². The third-order valence-electron chi connectivity index (χ3n) is 3.63. The van der Waals surface area contributed by atoms with Crippen molar-refractivity contribution in [2.24, 2.45) is 0 Å². The van der Waals surface area contributed by atoms with E-state index in [2.05, 4.69) is 35.2 Å². The molecule has 3 nitrogen and oxygen atoms in total. The summed E-state index contributed by atoms with van der Waals surface area (Å²) < 4.78 is 0. The number of nitrogens with one attached hydrogen (secondary N) is 1. The maximum Gasteiger partial charge on any atom is 0.130 e. The molecule has 1 aliphatic carbocycles. The lowest BCUT2D eigenvalue weighted by molar-refractivity contribution is 0.268. The molecule has 88 valence electrons. The average molecular weight is 219 g/mol. The molecule has 0 aliphatic heterocycles. The topological polar surface area (TPSA) is 37.8 Å². The first kappa shape index (κ1) is 11.4. The van der Waals surface area contributed by atoms with E-state index in [4.69, 9.17) is 0 Å². The van der Waals surface area contributed by atoms with E-state index in [1.807, 2.05) is 6.92 Å². The highest BCUT2D eigenvalue weighted by molar-refractivity contribution is 5.40. The van der Waals surface area contributed by atoms with Crippen molar-refractivity contribution >= 4 is 5.82 Å². The van der Waals surface area contributed by atoms with E-state index in [1.165, 1.54) is 25.7 Å². The first-order valence-corrected chi connectivity index (χ1v) is 6.30. The van der Waals surface area contributed by atoms with Gasteiger partial charge in [-0.3, -0.25) is 0 Å². The molecule has 3 heteroatoms. The number of hydrogen-bond acceptors (Lipinski definition) is 3. The lowest BCUT2D eigenvalue weighted by Crippen LogP contribution is -2.44. The molecule has 1 N–H and O–H groups in total. The predicted molar refractivity (Wildman–Crippen MR) is 66.6 cm³/mol. The maximum absolute atomic E-state index is 4.47. The minimum atomic E-state index is 0.311. The number of nitrogens with zero attached hydrogens (tertiary/aromatic N) is 2. The molecule has 1 heterocycles. The Kier molecular flexibility index (Phi) is 3.13. The number of aromatic nitrogens is 2. The van der Waals surface area contributed by atoms with Gasteiger partial charge in [-0.05, 0) is 39.0 Å². The third-order valence-corrected chi connectivity index (χ3v) is 3.63. The van der Waals surface area contributed by atoms with Crippen LogP contribution in [0.1, 0.15) is 51.0 Å². The maximum atomic E-state index is 4.47. The number of aryl methyl sites for hydroxylation is 2. The number of hydrogen-bond donors (Lipinski definition) is 1. The van der Waals surface area contributed by atoms with E-state index in [9.17, 15) is 0 Å². The van der Waals surface area contributed by atoms with Gasteiger partial charge in [0.25, 0.3) is 0 Å². The summed E-state index contributed by atoms with van der Waals surface area (Å²) in [5.41, 5.74) is 1.44. The summed E-state index contributed by atoms with van der Waals surface area (Å²) in [5.74, 6) is 1.87. The van der Waals surface area contributed by atoms with Crippen LogP contribution in [0.5, 0.6) is 0 Å². The second-order valence-electron chi connectivity index (χ2n) is 4.76. The van der Waals surface area contributed by atoms with Crippen molar-refractivity contribution in [3.05, 3.63) is 17.6 Å². The Hall–Kier alpha value is -1.12. The normalized spacial score (nSPS) is 17.9. The van der Waals surface area contributed by atoms with E-state index in [-0.39, 0.29) is 0 Å². The summed E-state index contributed by atoms with van der Waals surface area (Å²) in [6.45, 7) is 6.34. The highest BCUT2D eigenvalue weighted by Gasteiger charge is 2.35. The van der Waals surface area contributed by atoms with Crippen LogP contribution in [-0.2, 0) is 6.42 Å². The summed E-state index contributed by atoms with van der Waals surface area (Å²) in [7, 11) is 0. The molecular weight excluding hydrogens is 198 g/mol. The Morgan fingerprint density at radius 3 is 2.56 bits per heavy atom. The van der Waals surface area contributed by atoms with E-state index < -0.39 is 0 Å². The fourth-order valence-corrected chi connectivity index (χ4v) is 2.32. The van der Waals surface area contributed by atoms with Gasteiger partial charge in [-0.15, -0.1) is 0 Å². The van der Waals surface area contributed by atoms with Gasteiger partial charge in [0.1, 0.15) is 11.6 Å². The Balaban J connectivity index is 2.17. The molecule has 0 saturated heterocycles. The highest BCUT2D eigenvalue weighted by atomic mass is 15.1. The molecule has 0 atom stereocenters. The summed E-state index contributed by atoms with van der Waals surface area (Å²) in [4.78, 5) is 8.88. The monoisotopic (exact) mass is 219 g/mol. The van der Waals surface area contributed by atoms with Crippen LogP contribution in [-0.4, -0.2) is 15.5 Å². The van der Waals surface area contributed by atoms with Crippen LogP contribution >= 0.6 is 0 Å². The van der Waals surface area contributed by atoms with Crippen LogP contribution in [0.15, 0.2) is 6.07 Å². The SMILES string of the molecule is CCc1cc(NC2(CC)CCC2)nc(C)n1. The lowest BCUT2D eigenvalue weighted by atomic mass is 9.75. The summed E-state index contributed by atoms with van der Waals surface area (Å²) >= 11 is 0. The Labute approximate surface area is 97.7 Å². The molecule has 0 spiro atoms. The lowest BCUT2D eigenvalue weighted by Gasteiger charge is -2.42. The van der Waals surface area contributed by atoms with E-state index in [1.54, 1.807) is 0 Å². The molecule has 0 aromatic carbocycles. The van der Waals surface area contributed by atoms with Gasteiger partial charge in [0.05, 0.1) is 0 Å². The molecule has 2 rings (SSSR count). The Morgan fingerprint density at radius 1 is 1.31 bits per heavy atom. The highest BCUT2D eigenvalue weighted by Crippen LogP contribution is 2.37. The summed E-state index contributed by atoms with van der Waals surface area (Å²) in [5, 5.41) is 3.61. The standard InChI is InChI=1S/C13H21N3/c1-4-11-9-12(15-10(3)14-11)16-13(5-2)7-6-8-13/h9H,4-8H2,1-3H3,(H,14,15,16). The summed E-state index contributed by atoms with van der Waals surface area (Å²) in [6, 6.07) is 2.09. The minimum Gasteiger partial charge on any atom is -0.365 e. The van der Waals surface area contributed by atoms with Crippen LogP contribution in [0.2, 0.25) is 0 Å². The Morgan fingerprint density at radius 2 is 2.06 bits per heavy atom. The van der Waals surface area contributed by atoms with Gasteiger partial charge < -0.3 is 5.32 Å². The van der Waals surface area contributed by atoms with Gasteiger partial charge in [-0.2, -0.15) is 0 Å². The largest absolute Gasteiger partial charge is 0.365 e. The molecule has 1 aliphatic rings. The molecule has 1 saturated carbocycles. The second-order valence-corrected chi connectivity index (χ2v) is 4.76. The van der Waals surface area contributed by atoms with Gasteiger partial charge in [0.15, 0.2) is 0 Å². The average Bonchev–Trinajstić information content (AvgIpc) is 2.22. The van der Waals surface area contributed by atoms with Crippen molar-refractivity contribution in [3.8, 4) is 0 Å². The van der Waals surface area contributed by atoms with Crippen molar-refractivity contribution in [3.63, 3.8) is 0 Å². The van der Waals surface area contributed by atoms with Crippen LogP contribution in [0.3, 0.4) is 0 Å². The number of anilines is 1. The molecule has 0 unspecified atom stereocenters. The van der Waals surface area contributed by atoms with Crippen molar-refractivity contribution in [1.82, 2.24) is 9.97 Å². The third kappa shape index (κ3) is 2.18. The van der Waals surface area contributed by atoms with Crippen molar-refractivity contribution in [1.29, 1.82) is 0 Å². The van der Waals surface area contributed by atoms with E-state index >= 15 is 0 Å². The van der Waals surface area contributed by atoms with Crippen molar-refractivity contribution in [2.75, 3.05) is 5.32 Å².